The number of amides is 2. The van der Waals surface area contributed by atoms with Crippen molar-refractivity contribution in [2.24, 2.45) is 5.73 Å². The van der Waals surface area contributed by atoms with Crippen LogP contribution in [0.3, 0.4) is 0 Å². The van der Waals surface area contributed by atoms with Crippen molar-refractivity contribution in [1.82, 2.24) is 0 Å². The fourth-order valence-corrected chi connectivity index (χ4v) is 4.08. The monoisotopic (exact) mass is 381 g/mol. The third kappa shape index (κ3) is 3.86. The van der Waals surface area contributed by atoms with Crippen LogP contribution < -0.4 is 10.6 Å². The Balaban J connectivity index is 2.01. The van der Waals surface area contributed by atoms with E-state index >= 15 is 0 Å². The van der Waals surface area contributed by atoms with Crippen molar-refractivity contribution < 1.29 is 14.0 Å². The number of aryl methyl sites for hydroxylation is 1. The third-order valence-corrected chi connectivity index (χ3v) is 5.41. The molecule has 1 atom stereocenters. The molecule has 7 heteroatoms. The van der Waals surface area contributed by atoms with Crippen LogP contribution in [0.25, 0.3) is 0 Å². The summed E-state index contributed by atoms with van der Waals surface area (Å²) in [6.07, 6.45) is 0.340. The van der Waals surface area contributed by atoms with Crippen LogP contribution in [0.15, 0.2) is 59.1 Å². The topological polar surface area (TPSA) is 87.2 Å². The predicted molar refractivity (Wildman–Crippen MR) is 102 cm³/mol. The number of thioether (sulfide) groups is 1. The van der Waals surface area contributed by atoms with E-state index in [-0.39, 0.29) is 22.3 Å². The van der Waals surface area contributed by atoms with Crippen LogP contribution in [0.4, 0.5) is 10.1 Å². The van der Waals surface area contributed by atoms with E-state index in [4.69, 9.17) is 5.73 Å². The Bertz CT molecular complexity index is 962. The number of carbonyl (C=O) groups excluding carboxylic acids is 2. The fourth-order valence-electron chi connectivity index (χ4n) is 2.76. The second kappa shape index (κ2) is 7.64. The highest BCUT2D eigenvalue weighted by Gasteiger charge is 2.40. The van der Waals surface area contributed by atoms with E-state index in [1.54, 1.807) is 24.3 Å². The largest absolute Gasteiger partial charge is 0.365 e. The molecule has 0 unspecified atom stereocenters. The molecule has 1 aliphatic rings. The zero-order valence-corrected chi connectivity index (χ0v) is 15.3. The molecular weight excluding hydrogens is 365 g/mol. The van der Waals surface area contributed by atoms with Crippen LogP contribution in [0.1, 0.15) is 11.1 Å². The minimum atomic E-state index is -0.882. The van der Waals surface area contributed by atoms with Crippen LogP contribution in [0, 0.1) is 24.1 Å². The van der Waals surface area contributed by atoms with Crippen molar-refractivity contribution in [3.8, 4) is 6.07 Å². The number of hydrogen-bond donors (Lipinski definition) is 1. The highest BCUT2D eigenvalue weighted by Crippen LogP contribution is 2.41. The summed E-state index contributed by atoms with van der Waals surface area (Å²) in [4.78, 5) is 26.1. The molecule has 2 aromatic carbocycles. The first-order valence-corrected chi connectivity index (χ1v) is 9.04. The van der Waals surface area contributed by atoms with Crippen LogP contribution in [0.2, 0.25) is 0 Å². The summed E-state index contributed by atoms with van der Waals surface area (Å²) >= 11 is 1.12. The van der Waals surface area contributed by atoms with Crippen LogP contribution >= 0.6 is 11.8 Å². The molecule has 1 aliphatic heterocycles. The van der Waals surface area contributed by atoms with Gasteiger partial charge in [-0.3, -0.25) is 14.5 Å². The molecule has 136 valence electrons. The van der Waals surface area contributed by atoms with Gasteiger partial charge in [0.25, 0.3) is 5.91 Å². The molecule has 0 aliphatic carbocycles. The first-order chi connectivity index (χ1) is 12.9. The molecule has 0 spiro atoms. The second-order valence-corrected chi connectivity index (χ2v) is 7.29. The zero-order chi connectivity index (χ0) is 19.6. The van der Waals surface area contributed by atoms with Crippen molar-refractivity contribution in [1.29, 1.82) is 5.26 Å². The zero-order valence-electron chi connectivity index (χ0n) is 14.5. The molecule has 0 radical (unpaired) electrons. The molecule has 0 bridgehead atoms. The van der Waals surface area contributed by atoms with E-state index in [0.29, 0.717) is 12.1 Å². The van der Waals surface area contributed by atoms with Gasteiger partial charge in [0.1, 0.15) is 22.5 Å². The molecule has 1 heterocycles. The fraction of sp³-hybridized carbons (Fsp3) is 0.150. The molecule has 1 saturated heterocycles. The summed E-state index contributed by atoms with van der Waals surface area (Å²) in [7, 11) is 0. The number of anilines is 1. The highest BCUT2D eigenvalue weighted by molar-refractivity contribution is 8.05. The van der Waals surface area contributed by atoms with E-state index in [0.717, 1.165) is 22.9 Å². The maximum absolute atomic E-state index is 13.1. The Labute approximate surface area is 160 Å². The maximum Gasteiger partial charge on any atom is 0.262 e. The lowest BCUT2D eigenvalue weighted by Gasteiger charge is -2.18. The van der Waals surface area contributed by atoms with Gasteiger partial charge in [0.05, 0.1) is 5.25 Å². The molecule has 5 nitrogen and oxygen atoms in total. The molecule has 0 saturated carbocycles. The molecule has 2 N–H and O–H groups in total. The van der Waals surface area contributed by atoms with Gasteiger partial charge in [-0.15, -0.1) is 0 Å². The molecule has 3 rings (SSSR count). The second-order valence-electron chi connectivity index (χ2n) is 6.10. The number of halogens is 1. The quantitative estimate of drug-likeness (QED) is 0.651. The van der Waals surface area contributed by atoms with E-state index in [1.807, 2.05) is 25.1 Å². The SMILES string of the molecule is Cc1ccc(N2C(=O)[C@H](Cc3ccc(F)cc3)S/C2=C(/C#N)C(N)=O)cc1. The molecule has 1 fully saturated rings. The van der Waals surface area contributed by atoms with Gasteiger partial charge in [-0.1, -0.05) is 41.6 Å². The van der Waals surface area contributed by atoms with E-state index in [9.17, 15) is 19.2 Å². The van der Waals surface area contributed by atoms with E-state index in [2.05, 4.69) is 0 Å². The first-order valence-electron chi connectivity index (χ1n) is 8.16. The van der Waals surface area contributed by atoms with E-state index in [1.165, 1.54) is 17.0 Å². The average molecular weight is 381 g/mol. The van der Waals surface area contributed by atoms with Crippen molar-refractivity contribution in [2.45, 2.75) is 18.6 Å². The van der Waals surface area contributed by atoms with Gasteiger partial charge in [0.15, 0.2) is 0 Å². The summed E-state index contributed by atoms with van der Waals surface area (Å²) in [5.41, 5.74) is 7.44. The van der Waals surface area contributed by atoms with E-state index < -0.39 is 11.2 Å². The number of primary amides is 1. The van der Waals surface area contributed by atoms with Gasteiger partial charge in [-0.05, 0) is 43.2 Å². The Kier molecular flexibility index (Phi) is 5.28. The van der Waals surface area contributed by atoms with Crippen molar-refractivity contribution in [3.05, 3.63) is 76.1 Å². The van der Waals surface area contributed by atoms with Gasteiger partial charge in [-0.25, -0.2) is 4.39 Å². The number of hydrogen-bond acceptors (Lipinski definition) is 4. The van der Waals surface area contributed by atoms with Gasteiger partial charge < -0.3 is 5.73 Å². The van der Waals surface area contributed by atoms with Gasteiger partial charge >= 0.3 is 0 Å². The Morgan fingerprint density at radius 3 is 2.41 bits per heavy atom. The normalized spacial score (nSPS) is 18.3. The molecular formula is C20H16FN3O2S. The Hall–Kier alpha value is -3.11. The number of nitrogens with zero attached hydrogens (tertiary/aromatic N) is 2. The molecule has 0 aromatic heterocycles. The van der Waals surface area contributed by atoms with Crippen LogP contribution in [-0.4, -0.2) is 17.1 Å². The van der Waals surface area contributed by atoms with Crippen molar-refractivity contribution in [2.75, 3.05) is 4.90 Å². The number of nitrogens with two attached hydrogens (primary N) is 1. The maximum atomic E-state index is 13.1. The molecule has 2 amide bonds. The number of nitriles is 1. The van der Waals surface area contributed by atoms with Crippen LogP contribution in [0.5, 0.6) is 0 Å². The van der Waals surface area contributed by atoms with Gasteiger partial charge in [0, 0.05) is 5.69 Å². The summed E-state index contributed by atoms with van der Waals surface area (Å²) < 4.78 is 13.1. The first kappa shape index (κ1) is 18.7. The van der Waals surface area contributed by atoms with Crippen molar-refractivity contribution >= 4 is 29.3 Å². The number of carbonyl (C=O) groups is 2. The Morgan fingerprint density at radius 2 is 1.85 bits per heavy atom. The lowest BCUT2D eigenvalue weighted by molar-refractivity contribution is -0.117. The lowest BCUT2D eigenvalue weighted by atomic mass is 10.1. The average Bonchev–Trinajstić information content (AvgIpc) is 2.94. The van der Waals surface area contributed by atoms with Gasteiger partial charge in [0.2, 0.25) is 5.91 Å². The highest BCUT2D eigenvalue weighted by atomic mass is 32.2. The number of benzene rings is 2. The summed E-state index contributed by atoms with van der Waals surface area (Å²) in [6, 6.07) is 14.9. The molecule has 27 heavy (non-hydrogen) atoms. The molecule has 2 aromatic rings. The minimum absolute atomic E-state index is 0.228. The summed E-state index contributed by atoms with van der Waals surface area (Å²) in [5, 5.41) is 9.04. The Morgan fingerprint density at radius 1 is 1.22 bits per heavy atom. The standard InChI is InChI=1S/C20H16FN3O2S/c1-12-2-8-15(9-3-12)24-19(26)17(10-13-4-6-14(21)7-5-13)27-20(24)16(11-22)18(23)25/h2-9,17H,10H2,1H3,(H2,23,25)/b20-16-/t17-/m0/s1. The summed E-state index contributed by atoms with van der Waals surface area (Å²) in [6.45, 7) is 1.92. The lowest BCUT2D eigenvalue weighted by Crippen LogP contribution is -2.31. The van der Waals surface area contributed by atoms with Crippen LogP contribution in [-0.2, 0) is 16.0 Å². The minimum Gasteiger partial charge on any atom is -0.365 e. The summed E-state index contributed by atoms with van der Waals surface area (Å²) in [5.74, 6) is -1.49. The predicted octanol–water partition coefficient (Wildman–Crippen LogP) is 3.05. The number of rotatable bonds is 4. The third-order valence-electron chi connectivity index (χ3n) is 4.15. The smallest absolute Gasteiger partial charge is 0.262 e. The van der Waals surface area contributed by atoms with Crippen molar-refractivity contribution in [3.63, 3.8) is 0 Å². The van der Waals surface area contributed by atoms with Gasteiger partial charge in [-0.2, -0.15) is 5.26 Å².